The summed E-state index contributed by atoms with van der Waals surface area (Å²) >= 11 is 0. The molecule has 2 aromatic rings. The lowest BCUT2D eigenvalue weighted by molar-refractivity contribution is 0.317. The molecule has 0 bridgehead atoms. The average molecular weight is 245 g/mol. The Hall–Kier alpha value is -1.90. The van der Waals surface area contributed by atoms with Crippen LogP contribution in [0.4, 0.5) is 5.69 Å². The minimum absolute atomic E-state index is 0.697. The van der Waals surface area contributed by atoms with Crippen molar-refractivity contribution < 1.29 is 9.15 Å². The molecule has 1 aromatic heterocycles. The van der Waals surface area contributed by atoms with E-state index in [2.05, 4.69) is 12.2 Å². The summed E-state index contributed by atoms with van der Waals surface area (Å²) in [4.78, 5) is 0. The normalized spacial score (nSPS) is 10.3. The maximum atomic E-state index is 5.53. The average Bonchev–Trinajstić information content (AvgIpc) is 2.81. The van der Waals surface area contributed by atoms with E-state index in [0.717, 1.165) is 36.0 Å². The Morgan fingerprint density at radius 2 is 1.89 bits per heavy atom. The predicted molar refractivity (Wildman–Crippen MR) is 73.0 cm³/mol. The summed E-state index contributed by atoms with van der Waals surface area (Å²) in [5.41, 5.74) is 1.06. The summed E-state index contributed by atoms with van der Waals surface area (Å²) < 4.78 is 11.0. The lowest BCUT2D eigenvalue weighted by atomic mass is 10.3. The van der Waals surface area contributed by atoms with Crippen molar-refractivity contribution in [3.8, 4) is 5.75 Å². The van der Waals surface area contributed by atoms with E-state index in [1.807, 2.05) is 43.3 Å². The monoisotopic (exact) mass is 245 g/mol. The van der Waals surface area contributed by atoms with E-state index < -0.39 is 0 Å². The van der Waals surface area contributed by atoms with Crippen LogP contribution in [-0.4, -0.2) is 6.61 Å². The fourth-order valence-electron chi connectivity index (χ4n) is 1.66. The molecule has 0 aliphatic carbocycles. The standard InChI is InChI=1S/C15H19NO2/c1-3-10-17-14-8-5-13(6-9-14)16-11-15-7-4-12(2)18-15/h4-9,16H,3,10-11H2,1-2H3. The number of nitrogens with one attached hydrogen (secondary N) is 1. The largest absolute Gasteiger partial charge is 0.494 e. The fourth-order valence-corrected chi connectivity index (χ4v) is 1.66. The van der Waals surface area contributed by atoms with Crippen LogP contribution in [-0.2, 0) is 6.54 Å². The number of aryl methyl sites for hydroxylation is 1. The first-order valence-corrected chi connectivity index (χ1v) is 6.30. The smallest absolute Gasteiger partial charge is 0.123 e. The van der Waals surface area contributed by atoms with E-state index in [0.29, 0.717) is 6.54 Å². The van der Waals surface area contributed by atoms with Gasteiger partial charge in [0.2, 0.25) is 0 Å². The summed E-state index contributed by atoms with van der Waals surface area (Å²) in [5.74, 6) is 2.80. The van der Waals surface area contributed by atoms with E-state index in [9.17, 15) is 0 Å². The third-order valence-corrected chi connectivity index (χ3v) is 2.59. The van der Waals surface area contributed by atoms with Gasteiger partial charge in [0.05, 0.1) is 13.2 Å². The van der Waals surface area contributed by atoms with Crippen LogP contribution < -0.4 is 10.1 Å². The molecule has 18 heavy (non-hydrogen) atoms. The summed E-state index contributed by atoms with van der Waals surface area (Å²) in [6.45, 7) is 5.51. The van der Waals surface area contributed by atoms with Gasteiger partial charge < -0.3 is 14.5 Å². The molecule has 0 fully saturated rings. The zero-order chi connectivity index (χ0) is 12.8. The molecule has 0 saturated heterocycles. The molecule has 2 rings (SSSR count). The lowest BCUT2D eigenvalue weighted by Crippen LogP contribution is -1.98. The first kappa shape index (κ1) is 12.6. The first-order valence-electron chi connectivity index (χ1n) is 6.30. The fraction of sp³-hybridized carbons (Fsp3) is 0.333. The molecule has 0 unspecified atom stereocenters. The highest BCUT2D eigenvalue weighted by molar-refractivity contribution is 5.46. The highest BCUT2D eigenvalue weighted by Crippen LogP contribution is 2.17. The van der Waals surface area contributed by atoms with Crippen molar-refractivity contribution in [2.75, 3.05) is 11.9 Å². The van der Waals surface area contributed by atoms with Crippen molar-refractivity contribution in [3.05, 3.63) is 47.9 Å². The van der Waals surface area contributed by atoms with E-state index in [4.69, 9.17) is 9.15 Å². The summed E-state index contributed by atoms with van der Waals surface area (Å²) in [7, 11) is 0. The minimum Gasteiger partial charge on any atom is -0.494 e. The molecule has 0 radical (unpaired) electrons. The van der Waals surface area contributed by atoms with Crippen LogP contribution in [0.15, 0.2) is 40.8 Å². The van der Waals surface area contributed by atoms with Crippen LogP contribution in [0.3, 0.4) is 0 Å². The molecule has 0 atom stereocenters. The second kappa shape index (κ2) is 6.15. The second-order valence-electron chi connectivity index (χ2n) is 4.24. The van der Waals surface area contributed by atoms with Crippen molar-refractivity contribution in [2.24, 2.45) is 0 Å². The van der Waals surface area contributed by atoms with Gasteiger partial charge in [0, 0.05) is 5.69 Å². The Morgan fingerprint density at radius 1 is 1.11 bits per heavy atom. The second-order valence-corrected chi connectivity index (χ2v) is 4.24. The number of hydrogen-bond donors (Lipinski definition) is 1. The molecule has 1 N–H and O–H groups in total. The Kier molecular flexibility index (Phi) is 4.29. The van der Waals surface area contributed by atoms with E-state index in [1.54, 1.807) is 0 Å². The van der Waals surface area contributed by atoms with Gasteiger partial charge in [0.25, 0.3) is 0 Å². The molecule has 0 amide bonds. The number of rotatable bonds is 6. The maximum Gasteiger partial charge on any atom is 0.123 e. The zero-order valence-corrected chi connectivity index (χ0v) is 10.9. The highest BCUT2D eigenvalue weighted by Gasteiger charge is 1.99. The van der Waals surface area contributed by atoms with Crippen LogP contribution in [0.25, 0.3) is 0 Å². The molecule has 1 heterocycles. The first-order chi connectivity index (χ1) is 8.78. The third kappa shape index (κ3) is 3.55. The topological polar surface area (TPSA) is 34.4 Å². The zero-order valence-electron chi connectivity index (χ0n) is 10.9. The number of furan rings is 1. The molecule has 3 nitrogen and oxygen atoms in total. The number of hydrogen-bond acceptors (Lipinski definition) is 3. The summed E-state index contributed by atoms with van der Waals surface area (Å²) in [5, 5.41) is 3.31. The van der Waals surface area contributed by atoms with Gasteiger partial charge in [-0.15, -0.1) is 0 Å². The lowest BCUT2D eigenvalue weighted by Gasteiger charge is -2.07. The van der Waals surface area contributed by atoms with Gasteiger partial charge in [-0.3, -0.25) is 0 Å². The third-order valence-electron chi connectivity index (χ3n) is 2.59. The van der Waals surface area contributed by atoms with Crippen LogP contribution in [0.1, 0.15) is 24.9 Å². The molecule has 1 aromatic carbocycles. The van der Waals surface area contributed by atoms with E-state index in [-0.39, 0.29) is 0 Å². The Morgan fingerprint density at radius 3 is 2.50 bits per heavy atom. The highest BCUT2D eigenvalue weighted by atomic mass is 16.5. The van der Waals surface area contributed by atoms with E-state index in [1.165, 1.54) is 0 Å². The van der Waals surface area contributed by atoms with E-state index >= 15 is 0 Å². The van der Waals surface area contributed by atoms with Crippen molar-refractivity contribution in [1.29, 1.82) is 0 Å². The number of ether oxygens (including phenoxy) is 1. The number of anilines is 1. The van der Waals surface area contributed by atoms with Crippen LogP contribution >= 0.6 is 0 Å². The van der Waals surface area contributed by atoms with Gasteiger partial charge in [-0.05, 0) is 49.7 Å². The Bertz CT molecular complexity index is 473. The molecule has 0 aliphatic heterocycles. The summed E-state index contributed by atoms with van der Waals surface area (Å²) in [6, 6.07) is 11.9. The molecule has 0 spiro atoms. The van der Waals surface area contributed by atoms with Crippen LogP contribution in [0.2, 0.25) is 0 Å². The molecule has 0 saturated carbocycles. The Labute approximate surface area is 108 Å². The van der Waals surface area contributed by atoms with Crippen LogP contribution in [0, 0.1) is 6.92 Å². The molecule has 0 aliphatic rings. The van der Waals surface area contributed by atoms with Crippen molar-refractivity contribution >= 4 is 5.69 Å². The van der Waals surface area contributed by atoms with Gasteiger partial charge in [-0.2, -0.15) is 0 Å². The molecule has 96 valence electrons. The maximum absolute atomic E-state index is 5.53. The van der Waals surface area contributed by atoms with Gasteiger partial charge in [-0.25, -0.2) is 0 Å². The van der Waals surface area contributed by atoms with Crippen molar-refractivity contribution in [3.63, 3.8) is 0 Å². The number of benzene rings is 1. The minimum atomic E-state index is 0.697. The van der Waals surface area contributed by atoms with Gasteiger partial charge >= 0.3 is 0 Å². The van der Waals surface area contributed by atoms with Crippen molar-refractivity contribution in [2.45, 2.75) is 26.8 Å². The van der Waals surface area contributed by atoms with Crippen LogP contribution in [0.5, 0.6) is 5.75 Å². The van der Waals surface area contributed by atoms with Crippen molar-refractivity contribution in [1.82, 2.24) is 0 Å². The molecular weight excluding hydrogens is 226 g/mol. The quantitative estimate of drug-likeness (QED) is 0.835. The molecular formula is C15H19NO2. The Balaban J connectivity index is 1.86. The SMILES string of the molecule is CCCOc1ccc(NCc2ccc(C)o2)cc1. The van der Waals surface area contributed by atoms with Gasteiger partial charge in [0.1, 0.15) is 17.3 Å². The predicted octanol–water partition coefficient (Wildman–Crippen LogP) is 3.99. The van der Waals surface area contributed by atoms with Gasteiger partial charge in [-0.1, -0.05) is 6.92 Å². The molecule has 3 heteroatoms. The summed E-state index contributed by atoms with van der Waals surface area (Å²) in [6.07, 6.45) is 1.03. The van der Waals surface area contributed by atoms with Gasteiger partial charge in [0.15, 0.2) is 0 Å².